The Morgan fingerprint density at radius 2 is 1.88 bits per heavy atom. The van der Waals surface area contributed by atoms with Crippen molar-refractivity contribution in [3.63, 3.8) is 0 Å². The largest absolute Gasteiger partial charge is 0.347 e. The lowest BCUT2D eigenvalue weighted by Gasteiger charge is -2.12. The summed E-state index contributed by atoms with van der Waals surface area (Å²) < 4.78 is 1.87. The third kappa shape index (κ3) is 2.90. The number of anilines is 1. The van der Waals surface area contributed by atoms with E-state index in [4.69, 9.17) is 23.2 Å². The van der Waals surface area contributed by atoms with Crippen molar-refractivity contribution in [2.45, 2.75) is 13.5 Å². The molecule has 0 fully saturated rings. The van der Waals surface area contributed by atoms with Gasteiger partial charge in [-0.15, -0.1) is 0 Å². The van der Waals surface area contributed by atoms with Gasteiger partial charge >= 0.3 is 0 Å². The number of carbonyl (C=O) groups is 1. The van der Waals surface area contributed by atoms with Crippen molar-refractivity contribution >= 4 is 45.7 Å². The monoisotopic (exact) mass is 360 g/mol. The second-order valence-corrected chi connectivity index (χ2v) is 6.02. The Balaban J connectivity index is 2.09. The molecule has 0 unspecified atom stereocenters. The third-order valence-electron chi connectivity index (χ3n) is 3.77. The van der Waals surface area contributed by atoms with Crippen molar-refractivity contribution in [3.05, 3.63) is 74.5 Å². The highest BCUT2D eigenvalue weighted by molar-refractivity contribution is 6.44. The van der Waals surface area contributed by atoms with Crippen LogP contribution < -0.4 is 10.7 Å². The normalized spacial score (nSPS) is 10.8. The number of aryl methyl sites for hydroxylation is 1. The molecule has 0 spiro atoms. The van der Waals surface area contributed by atoms with Gasteiger partial charge in [0.25, 0.3) is 5.91 Å². The van der Waals surface area contributed by atoms with Crippen LogP contribution in [-0.2, 0) is 6.54 Å². The Kier molecular flexibility index (Phi) is 4.60. The fraction of sp³-hybridized carbons (Fsp3) is 0.111. The maximum absolute atomic E-state index is 12.6. The quantitative estimate of drug-likeness (QED) is 0.742. The van der Waals surface area contributed by atoms with Crippen molar-refractivity contribution in [3.8, 4) is 0 Å². The number of carbonyl (C=O) groups excluding carboxylic acids is 1. The predicted octanol–water partition coefficient (Wildman–Crippen LogP) is 4.58. The summed E-state index contributed by atoms with van der Waals surface area (Å²) in [6.45, 7) is 2.59. The number of nitrogens with zero attached hydrogens (tertiary/aromatic N) is 1. The molecule has 1 heterocycles. The average molecular weight is 361 g/mol. The van der Waals surface area contributed by atoms with Crippen LogP contribution >= 0.6 is 23.2 Å². The molecule has 0 atom stereocenters. The van der Waals surface area contributed by atoms with Crippen LogP contribution in [0.4, 0.5) is 5.69 Å². The van der Waals surface area contributed by atoms with E-state index in [1.807, 2.05) is 23.6 Å². The SMILES string of the molecule is CCn1cc(C(=O)Nc2cccc(Cl)c2Cl)c(=O)c2ccccc21. The zero-order valence-electron chi connectivity index (χ0n) is 12.8. The van der Waals surface area contributed by atoms with Gasteiger partial charge in [-0.25, -0.2) is 0 Å². The standard InChI is InChI=1S/C18H14Cl2N2O2/c1-2-22-10-12(17(23)11-6-3-4-9-15(11)22)18(24)21-14-8-5-7-13(19)16(14)20/h3-10H,2H2,1H3,(H,21,24). The van der Waals surface area contributed by atoms with Gasteiger partial charge in [-0.1, -0.05) is 41.4 Å². The van der Waals surface area contributed by atoms with Crippen LogP contribution in [0, 0.1) is 0 Å². The van der Waals surface area contributed by atoms with E-state index in [0.717, 1.165) is 5.52 Å². The Morgan fingerprint density at radius 1 is 1.12 bits per heavy atom. The average Bonchev–Trinajstić information content (AvgIpc) is 2.59. The summed E-state index contributed by atoms with van der Waals surface area (Å²) in [6.07, 6.45) is 1.57. The number of hydrogen-bond donors (Lipinski definition) is 1. The summed E-state index contributed by atoms with van der Waals surface area (Å²) in [5.74, 6) is -0.517. The van der Waals surface area contributed by atoms with E-state index in [1.54, 1.807) is 36.5 Å². The summed E-state index contributed by atoms with van der Waals surface area (Å²) in [4.78, 5) is 25.2. The summed E-state index contributed by atoms with van der Waals surface area (Å²) in [7, 11) is 0. The van der Waals surface area contributed by atoms with Gasteiger partial charge in [0.15, 0.2) is 0 Å². The molecule has 0 radical (unpaired) electrons. The number of nitrogens with one attached hydrogen (secondary N) is 1. The lowest BCUT2D eigenvalue weighted by Crippen LogP contribution is -2.24. The number of benzene rings is 2. The summed E-state index contributed by atoms with van der Waals surface area (Å²) in [6, 6.07) is 12.1. The van der Waals surface area contributed by atoms with Gasteiger partial charge in [0.2, 0.25) is 5.43 Å². The van der Waals surface area contributed by atoms with E-state index in [2.05, 4.69) is 5.32 Å². The van der Waals surface area contributed by atoms with Crippen molar-refractivity contribution in [2.75, 3.05) is 5.32 Å². The van der Waals surface area contributed by atoms with E-state index in [0.29, 0.717) is 22.6 Å². The van der Waals surface area contributed by atoms with Crippen molar-refractivity contribution < 1.29 is 4.79 Å². The van der Waals surface area contributed by atoms with Gasteiger partial charge < -0.3 is 9.88 Å². The van der Waals surface area contributed by atoms with Crippen LogP contribution in [0.15, 0.2) is 53.5 Å². The van der Waals surface area contributed by atoms with Crippen LogP contribution in [0.1, 0.15) is 17.3 Å². The topological polar surface area (TPSA) is 51.1 Å². The summed E-state index contributed by atoms with van der Waals surface area (Å²) in [5.41, 5.74) is 0.907. The molecule has 0 saturated carbocycles. The van der Waals surface area contributed by atoms with Gasteiger partial charge in [-0.2, -0.15) is 0 Å². The Morgan fingerprint density at radius 3 is 2.62 bits per heavy atom. The van der Waals surface area contributed by atoms with Crippen LogP contribution in [0.25, 0.3) is 10.9 Å². The highest BCUT2D eigenvalue weighted by atomic mass is 35.5. The van der Waals surface area contributed by atoms with E-state index in [-0.39, 0.29) is 16.0 Å². The molecule has 2 aromatic carbocycles. The Hall–Kier alpha value is -2.30. The van der Waals surface area contributed by atoms with Gasteiger partial charge in [0.1, 0.15) is 5.56 Å². The van der Waals surface area contributed by atoms with Gasteiger partial charge in [-0.3, -0.25) is 9.59 Å². The summed E-state index contributed by atoms with van der Waals surface area (Å²) >= 11 is 12.0. The molecule has 0 aliphatic carbocycles. The first-order valence-corrected chi connectivity index (χ1v) is 8.16. The minimum absolute atomic E-state index is 0.0617. The minimum Gasteiger partial charge on any atom is -0.347 e. The number of rotatable bonds is 3. The zero-order chi connectivity index (χ0) is 17.3. The van der Waals surface area contributed by atoms with E-state index < -0.39 is 5.91 Å². The van der Waals surface area contributed by atoms with Crippen LogP contribution in [0.5, 0.6) is 0 Å². The molecule has 122 valence electrons. The number of fused-ring (bicyclic) bond motifs is 1. The second kappa shape index (κ2) is 6.67. The molecule has 24 heavy (non-hydrogen) atoms. The minimum atomic E-state index is -0.517. The molecule has 3 rings (SSSR count). The highest BCUT2D eigenvalue weighted by Crippen LogP contribution is 2.29. The second-order valence-electron chi connectivity index (χ2n) is 5.23. The predicted molar refractivity (Wildman–Crippen MR) is 98.3 cm³/mol. The molecule has 0 bridgehead atoms. The van der Waals surface area contributed by atoms with Crippen LogP contribution in [0.2, 0.25) is 10.0 Å². The maximum Gasteiger partial charge on any atom is 0.261 e. The molecular formula is C18H14Cl2N2O2. The number of hydrogen-bond acceptors (Lipinski definition) is 2. The fourth-order valence-corrected chi connectivity index (χ4v) is 2.91. The molecule has 0 aliphatic rings. The molecular weight excluding hydrogens is 347 g/mol. The smallest absolute Gasteiger partial charge is 0.261 e. The van der Waals surface area contributed by atoms with Crippen molar-refractivity contribution in [1.82, 2.24) is 4.57 Å². The first-order valence-electron chi connectivity index (χ1n) is 7.40. The molecule has 3 aromatic rings. The number of para-hydroxylation sites is 1. The lowest BCUT2D eigenvalue weighted by atomic mass is 10.1. The lowest BCUT2D eigenvalue weighted by molar-refractivity contribution is 0.102. The number of halogens is 2. The summed E-state index contributed by atoms with van der Waals surface area (Å²) in [5, 5.41) is 3.73. The molecule has 6 heteroatoms. The fourth-order valence-electron chi connectivity index (χ4n) is 2.56. The molecule has 0 saturated heterocycles. The molecule has 1 N–H and O–H groups in total. The number of amides is 1. The van der Waals surface area contributed by atoms with Gasteiger partial charge in [0.05, 0.1) is 21.2 Å². The third-order valence-corrected chi connectivity index (χ3v) is 4.59. The maximum atomic E-state index is 12.6. The van der Waals surface area contributed by atoms with Gasteiger partial charge in [0, 0.05) is 18.1 Å². The molecule has 1 amide bonds. The molecule has 0 aliphatic heterocycles. The van der Waals surface area contributed by atoms with Crippen molar-refractivity contribution in [1.29, 1.82) is 0 Å². The highest BCUT2D eigenvalue weighted by Gasteiger charge is 2.16. The molecule has 1 aromatic heterocycles. The van der Waals surface area contributed by atoms with Crippen LogP contribution in [-0.4, -0.2) is 10.5 Å². The first kappa shape index (κ1) is 16.6. The molecule has 4 nitrogen and oxygen atoms in total. The van der Waals surface area contributed by atoms with E-state index >= 15 is 0 Å². The van der Waals surface area contributed by atoms with Crippen molar-refractivity contribution in [2.24, 2.45) is 0 Å². The first-order chi connectivity index (χ1) is 11.5. The van der Waals surface area contributed by atoms with E-state index in [1.165, 1.54) is 0 Å². The number of aromatic nitrogens is 1. The number of pyridine rings is 1. The van der Waals surface area contributed by atoms with E-state index in [9.17, 15) is 9.59 Å². The van der Waals surface area contributed by atoms with Crippen LogP contribution in [0.3, 0.4) is 0 Å². The van der Waals surface area contributed by atoms with Gasteiger partial charge in [-0.05, 0) is 31.2 Å². The Bertz CT molecular complexity index is 996. The Labute approximate surface area is 148 Å². The zero-order valence-corrected chi connectivity index (χ0v) is 14.4.